The molecule has 0 heterocycles. The number of ether oxygens (including phenoxy) is 2. The molecule has 0 aromatic heterocycles. The van der Waals surface area contributed by atoms with Crippen LogP contribution in [0, 0.1) is 0 Å². The fourth-order valence-electron chi connectivity index (χ4n) is 1.83. The van der Waals surface area contributed by atoms with E-state index in [1.165, 1.54) is 5.56 Å². The summed E-state index contributed by atoms with van der Waals surface area (Å²) in [5.41, 5.74) is 1.38. The Bertz CT molecular complexity index is 553. The van der Waals surface area contributed by atoms with Crippen molar-refractivity contribution < 1.29 is 9.47 Å². The van der Waals surface area contributed by atoms with E-state index in [1.54, 1.807) is 7.11 Å². The van der Waals surface area contributed by atoms with Gasteiger partial charge in [-0.2, -0.15) is 0 Å². The Balaban J connectivity index is 2.23. The molecule has 19 heavy (non-hydrogen) atoms. The molecule has 2 aromatic rings. The van der Waals surface area contributed by atoms with E-state index in [2.05, 4.69) is 32.9 Å². The standard InChI is InChI=1S/C17H20O2/c1-17(2,3)13-7-5-9-15(11-13)19-16-10-6-8-14(12-16)18-4/h5-12H,1-4H3. The molecule has 0 aliphatic rings. The number of hydrogen-bond donors (Lipinski definition) is 0. The molecule has 0 radical (unpaired) electrons. The van der Waals surface area contributed by atoms with Gasteiger partial charge in [0.1, 0.15) is 17.2 Å². The number of hydrogen-bond acceptors (Lipinski definition) is 2. The van der Waals surface area contributed by atoms with Gasteiger partial charge in [-0.1, -0.05) is 39.0 Å². The average molecular weight is 256 g/mol. The summed E-state index contributed by atoms with van der Waals surface area (Å²) in [6, 6.07) is 15.8. The van der Waals surface area contributed by atoms with Gasteiger partial charge < -0.3 is 9.47 Å². The second kappa shape index (κ2) is 5.35. The molecule has 0 aliphatic carbocycles. The first-order chi connectivity index (χ1) is 8.99. The maximum absolute atomic E-state index is 5.88. The molecule has 0 atom stereocenters. The molecule has 2 aromatic carbocycles. The van der Waals surface area contributed by atoms with Gasteiger partial charge in [-0.3, -0.25) is 0 Å². The molecule has 0 N–H and O–H groups in total. The van der Waals surface area contributed by atoms with Crippen LogP contribution < -0.4 is 9.47 Å². The summed E-state index contributed by atoms with van der Waals surface area (Å²) in [5.74, 6) is 2.43. The highest BCUT2D eigenvalue weighted by molar-refractivity contribution is 5.39. The Morgan fingerprint density at radius 3 is 2.00 bits per heavy atom. The predicted molar refractivity (Wildman–Crippen MR) is 78.2 cm³/mol. The summed E-state index contributed by atoms with van der Waals surface area (Å²) >= 11 is 0. The average Bonchev–Trinajstić information content (AvgIpc) is 2.38. The van der Waals surface area contributed by atoms with Crippen LogP contribution in [0.15, 0.2) is 48.5 Å². The fourth-order valence-corrected chi connectivity index (χ4v) is 1.83. The molecule has 0 unspecified atom stereocenters. The van der Waals surface area contributed by atoms with Crippen LogP contribution in [0.1, 0.15) is 26.3 Å². The topological polar surface area (TPSA) is 18.5 Å². The smallest absolute Gasteiger partial charge is 0.131 e. The highest BCUT2D eigenvalue weighted by Gasteiger charge is 2.14. The third-order valence-electron chi connectivity index (χ3n) is 2.98. The first kappa shape index (κ1) is 13.5. The molecule has 100 valence electrons. The van der Waals surface area contributed by atoms with Crippen LogP contribution in [0.5, 0.6) is 17.2 Å². The first-order valence-electron chi connectivity index (χ1n) is 6.41. The van der Waals surface area contributed by atoms with E-state index in [-0.39, 0.29) is 5.41 Å². The number of methoxy groups -OCH3 is 1. The lowest BCUT2D eigenvalue weighted by molar-refractivity contribution is 0.409. The zero-order valence-corrected chi connectivity index (χ0v) is 11.9. The lowest BCUT2D eigenvalue weighted by Gasteiger charge is -2.19. The van der Waals surface area contributed by atoms with Crippen LogP contribution >= 0.6 is 0 Å². The zero-order chi connectivity index (χ0) is 13.9. The summed E-state index contributed by atoms with van der Waals surface area (Å²) in [7, 11) is 1.65. The lowest BCUT2D eigenvalue weighted by Crippen LogP contribution is -2.10. The highest BCUT2D eigenvalue weighted by atomic mass is 16.5. The van der Waals surface area contributed by atoms with Crippen LogP contribution in [0.4, 0.5) is 0 Å². The van der Waals surface area contributed by atoms with Crippen molar-refractivity contribution >= 4 is 0 Å². The van der Waals surface area contributed by atoms with Crippen LogP contribution in [0.3, 0.4) is 0 Å². The van der Waals surface area contributed by atoms with Crippen LogP contribution in [-0.2, 0) is 5.41 Å². The number of benzene rings is 2. The van der Waals surface area contributed by atoms with Crippen molar-refractivity contribution in [1.82, 2.24) is 0 Å². The molecule has 0 spiro atoms. The molecule has 0 aliphatic heterocycles. The Morgan fingerprint density at radius 2 is 1.37 bits per heavy atom. The maximum Gasteiger partial charge on any atom is 0.131 e. The summed E-state index contributed by atoms with van der Waals surface area (Å²) in [4.78, 5) is 0. The molecule has 0 saturated heterocycles. The highest BCUT2D eigenvalue weighted by Crippen LogP contribution is 2.29. The van der Waals surface area contributed by atoms with Gasteiger partial charge in [0.15, 0.2) is 0 Å². The van der Waals surface area contributed by atoms with Gasteiger partial charge in [0.25, 0.3) is 0 Å². The molecule has 0 bridgehead atoms. The molecular weight excluding hydrogens is 236 g/mol. The summed E-state index contributed by atoms with van der Waals surface area (Å²) in [5, 5.41) is 0. The summed E-state index contributed by atoms with van der Waals surface area (Å²) in [6.07, 6.45) is 0. The Hall–Kier alpha value is -1.96. The van der Waals surface area contributed by atoms with E-state index in [0.717, 1.165) is 17.2 Å². The van der Waals surface area contributed by atoms with E-state index in [4.69, 9.17) is 9.47 Å². The SMILES string of the molecule is COc1cccc(Oc2cccc(C(C)(C)C)c2)c1. The van der Waals surface area contributed by atoms with Gasteiger partial charge in [0, 0.05) is 6.07 Å². The van der Waals surface area contributed by atoms with E-state index in [0.29, 0.717) is 0 Å². The van der Waals surface area contributed by atoms with Crippen LogP contribution in [0.2, 0.25) is 0 Å². The van der Waals surface area contributed by atoms with Crippen molar-refractivity contribution in [2.45, 2.75) is 26.2 Å². The second-order valence-corrected chi connectivity index (χ2v) is 5.56. The predicted octanol–water partition coefficient (Wildman–Crippen LogP) is 4.79. The second-order valence-electron chi connectivity index (χ2n) is 5.56. The van der Waals surface area contributed by atoms with Gasteiger partial charge in [0.2, 0.25) is 0 Å². The van der Waals surface area contributed by atoms with Crippen molar-refractivity contribution in [3.8, 4) is 17.2 Å². The van der Waals surface area contributed by atoms with E-state index >= 15 is 0 Å². The van der Waals surface area contributed by atoms with Crippen molar-refractivity contribution in [3.05, 3.63) is 54.1 Å². The van der Waals surface area contributed by atoms with E-state index in [1.807, 2.05) is 36.4 Å². The van der Waals surface area contributed by atoms with Gasteiger partial charge in [0.05, 0.1) is 7.11 Å². The van der Waals surface area contributed by atoms with E-state index in [9.17, 15) is 0 Å². The summed E-state index contributed by atoms with van der Waals surface area (Å²) in [6.45, 7) is 6.58. The third kappa shape index (κ3) is 3.50. The van der Waals surface area contributed by atoms with Gasteiger partial charge in [-0.05, 0) is 35.2 Å². The molecule has 2 heteroatoms. The molecule has 0 fully saturated rings. The minimum absolute atomic E-state index is 0.119. The first-order valence-corrected chi connectivity index (χ1v) is 6.41. The van der Waals surface area contributed by atoms with Crippen molar-refractivity contribution in [2.75, 3.05) is 7.11 Å². The zero-order valence-electron chi connectivity index (χ0n) is 11.9. The van der Waals surface area contributed by atoms with Crippen molar-refractivity contribution in [2.24, 2.45) is 0 Å². The van der Waals surface area contributed by atoms with E-state index < -0.39 is 0 Å². The largest absolute Gasteiger partial charge is 0.497 e. The molecule has 2 nitrogen and oxygen atoms in total. The maximum atomic E-state index is 5.88. The molecule has 0 amide bonds. The normalized spacial score (nSPS) is 11.2. The minimum atomic E-state index is 0.119. The van der Waals surface area contributed by atoms with Crippen LogP contribution in [-0.4, -0.2) is 7.11 Å². The molecule has 2 rings (SSSR count). The van der Waals surface area contributed by atoms with Crippen molar-refractivity contribution in [3.63, 3.8) is 0 Å². The van der Waals surface area contributed by atoms with Gasteiger partial charge in [-0.25, -0.2) is 0 Å². The Morgan fingerprint density at radius 1 is 0.789 bits per heavy atom. The quantitative estimate of drug-likeness (QED) is 0.786. The molecule has 0 saturated carbocycles. The Labute approximate surface area is 115 Å². The van der Waals surface area contributed by atoms with Gasteiger partial charge >= 0.3 is 0 Å². The Kier molecular flexibility index (Phi) is 3.79. The van der Waals surface area contributed by atoms with Crippen LogP contribution in [0.25, 0.3) is 0 Å². The summed E-state index contributed by atoms with van der Waals surface area (Å²) < 4.78 is 11.1. The lowest BCUT2D eigenvalue weighted by atomic mass is 9.87. The van der Waals surface area contributed by atoms with Gasteiger partial charge in [-0.15, -0.1) is 0 Å². The fraction of sp³-hybridized carbons (Fsp3) is 0.294. The minimum Gasteiger partial charge on any atom is -0.497 e. The third-order valence-corrected chi connectivity index (χ3v) is 2.98. The molecular formula is C17H20O2. The monoisotopic (exact) mass is 256 g/mol. The number of rotatable bonds is 3. The van der Waals surface area contributed by atoms with Crippen molar-refractivity contribution in [1.29, 1.82) is 0 Å².